The van der Waals surface area contributed by atoms with Crippen LogP contribution in [0.25, 0.3) is 11.2 Å². The quantitative estimate of drug-likeness (QED) is 0.742. The Morgan fingerprint density at radius 1 is 1.11 bits per heavy atom. The second-order valence-electron chi connectivity index (χ2n) is 3.93. The van der Waals surface area contributed by atoms with Crippen molar-refractivity contribution in [2.75, 3.05) is 5.73 Å². The molecule has 2 heterocycles. The number of nitrogens with two attached hydrogens (primary N) is 1. The first kappa shape index (κ1) is 10.6. The van der Waals surface area contributed by atoms with Crippen LogP contribution >= 0.6 is 0 Å². The van der Waals surface area contributed by atoms with Crippen LogP contribution < -0.4 is 5.73 Å². The average Bonchev–Trinajstić information content (AvgIpc) is 2.77. The molecular weight excluding hydrogens is 233 g/mol. The molecular formula is C12H10FN5. The third kappa shape index (κ3) is 1.77. The van der Waals surface area contributed by atoms with E-state index in [4.69, 9.17) is 5.73 Å². The van der Waals surface area contributed by atoms with Crippen LogP contribution in [0.1, 0.15) is 5.56 Å². The third-order valence-electron chi connectivity index (χ3n) is 2.70. The van der Waals surface area contributed by atoms with Gasteiger partial charge in [-0.05, 0) is 17.7 Å². The van der Waals surface area contributed by atoms with Crippen LogP contribution in [0, 0.1) is 5.82 Å². The minimum atomic E-state index is -0.249. The van der Waals surface area contributed by atoms with Crippen LogP contribution in [0.2, 0.25) is 0 Å². The molecule has 18 heavy (non-hydrogen) atoms. The standard InChI is InChI=1S/C12H10FN5/c13-9-3-1-8(2-4-9)5-18-7-17-10-11(14)15-6-16-12(10)18/h1-4,6-7H,5H2,(H2,14,15,16). The van der Waals surface area contributed by atoms with Gasteiger partial charge in [0, 0.05) is 0 Å². The average molecular weight is 243 g/mol. The lowest BCUT2D eigenvalue weighted by Gasteiger charge is -2.03. The number of halogens is 1. The fraction of sp³-hybridized carbons (Fsp3) is 0.0833. The molecule has 0 atom stereocenters. The molecule has 0 radical (unpaired) electrons. The first-order chi connectivity index (χ1) is 8.74. The van der Waals surface area contributed by atoms with Crippen LogP contribution in [0.15, 0.2) is 36.9 Å². The Balaban J connectivity index is 2.00. The summed E-state index contributed by atoms with van der Waals surface area (Å²) >= 11 is 0. The summed E-state index contributed by atoms with van der Waals surface area (Å²) in [5, 5.41) is 0. The van der Waals surface area contributed by atoms with Gasteiger partial charge in [-0.15, -0.1) is 0 Å². The maximum atomic E-state index is 12.8. The Bertz CT molecular complexity index is 689. The van der Waals surface area contributed by atoms with E-state index < -0.39 is 0 Å². The summed E-state index contributed by atoms with van der Waals surface area (Å²) in [5.74, 6) is 0.110. The molecule has 2 aromatic heterocycles. The van der Waals surface area contributed by atoms with E-state index in [2.05, 4.69) is 15.0 Å². The number of rotatable bonds is 2. The van der Waals surface area contributed by atoms with Crippen LogP contribution in [-0.4, -0.2) is 19.5 Å². The van der Waals surface area contributed by atoms with E-state index in [1.165, 1.54) is 18.5 Å². The van der Waals surface area contributed by atoms with Gasteiger partial charge < -0.3 is 10.3 Å². The highest BCUT2D eigenvalue weighted by Gasteiger charge is 2.07. The van der Waals surface area contributed by atoms with Crippen LogP contribution in [0.4, 0.5) is 10.2 Å². The molecule has 0 unspecified atom stereocenters. The molecule has 0 saturated heterocycles. The van der Waals surface area contributed by atoms with Crippen molar-refractivity contribution in [3.63, 3.8) is 0 Å². The van der Waals surface area contributed by atoms with Crippen molar-refractivity contribution in [1.82, 2.24) is 19.5 Å². The summed E-state index contributed by atoms with van der Waals surface area (Å²) in [4.78, 5) is 12.2. The fourth-order valence-corrected chi connectivity index (χ4v) is 1.80. The van der Waals surface area contributed by atoms with Gasteiger partial charge in [0.2, 0.25) is 0 Å². The Kier molecular flexibility index (Phi) is 2.40. The van der Waals surface area contributed by atoms with E-state index in [9.17, 15) is 4.39 Å². The molecule has 0 amide bonds. The molecule has 5 nitrogen and oxygen atoms in total. The van der Waals surface area contributed by atoms with E-state index in [0.717, 1.165) is 5.56 Å². The first-order valence-electron chi connectivity index (χ1n) is 5.40. The Hall–Kier alpha value is -2.50. The molecule has 1 aromatic carbocycles. The molecule has 3 rings (SSSR count). The normalized spacial score (nSPS) is 10.9. The van der Waals surface area contributed by atoms with Crippen molar-refractivity contribution in [3.05, 3.63) is 48.3 Å². The minimum Gasteiger partial charge on any atom is -0.382 e. The van der Waals surface area contributed by atoms with E-state index in [-0.39, 0.29) is 5.82 Å². The van der Waals surface area contributed by atoms with Gasteiger partial charge in [0.1, 0.15) is 17.7 Å². The van der Waals surface area contributed by atoms with E-state index in [1.807, 2.05) is 4.57 Å². The molecule has 2 N–H and O–H groups in total. The van der Waals surface area contributed by atoms with Crippen molar-refractivity contribution in [2.24, 2.45) is 0 Å². The van der Waals surface area contributed by atoms with Gasteiger partial charge in [-0.3, -0.25) is 0 Å². The number of hydrogen-bond donors (Lipinski definition) is 1. The maximum Gasteiger partial charge on any atom is 0.165 e. The minimum absolute atomic E-state index is 0.249. The third-order valence-corrected chi connectivity index (χ3v) is 2.70. The van der Waals surface area contributed by atoms with Gasteiger partial charge in [-0.25, -0.2) is 19.3 Å². The van der Waals surface area contributed by atoms with E-state index >= 15 is 0 Å². The molecule has 0 aliphatic heterocycles. The smallest absolute Gasteiger partial charge is 0.165 e. The van der Waals surface area contributed by atoms with E-state index in [1.54, 1.807) is 18.5 Å². The van der Waals surface area contributed by atoms with Crippen molar-refractivity contribution < 1.29 is 4.39 Å². The van der Waals surface area contributed by atoms with Gasteiger partial charge in [-0.1, -0.05) is 12.1 Å². The summed E-state index contributed by atoms with van der Waals surface area (Å²) in [6.45, 7) is 0.563. The Morgan fingerprint density at radius 2 is 1.89 bits per heavy atom. The largest absolute Gasteiger partial charge is 0.382 e. The van der Waals surface area contributed by atoms with Gasteiger partial charge in [-0.2, -0.15) is 0 Å². The van der Waals surface area contributed by atoms with Crippen molar-refractivity contribution in [1.29, 1.82) is 0 Å². The number of benzene rings is 1. The number of anilines is 1. The first-order valence-corrected chi connectivity index (χ1v) is 5.40. The molecule has 0 fully saturated rings. The maximum absolute atomic E-state index is 12.8. The lowest BCUT2D eigenvalue weighted by Crippen LogP contribution is -2.00. The molecule has 0 aliphatic carbocycles. The van der Waals surface area contributed by atoms with Gasteiger partial charge in [0.15, 0.2) is 11.5 Å². The second kappa shape index (κ2) is 4.06. The summed E-state index contributed by atoms with van der Waals surface area (Å²) in [7, 11) is 0. The highest BCUT2D eigenvalue weighted by Crippen LogP contribution is 2.15. The van der Waals surface area contributed by atoms with Crippen LogP contribution in [0.3, 0.4) is 0 Å². The number of fused-ring (bicyclic) bond motifs is 1. The number of imidazole rings is 1. The lowest BCUT2D eigenvalue weighted by molar-refractivity contribution is 0.626. The predicted molar refractivity (Wildman–Crippen MR) is 65.2 cm³/mol. The number of nitrogen functional groups attached to an aromatic ring is 1. The molecule has 0 spiro atoms. The van der Waals surface area contributed by atoms with Crippen LogP contribution in [0.5, 0.6) is 0 Å². The molecule has 3 aromatic rings. The van der Waals surface area contributed by atoms with Crippen molar-refractivity contribution >= 4 is 17.0 Å². The molecule has 0 aliphatic rings. The van der Waals surface area contributed by atoms with Crippen molar-refractivity contribution in [2.45, 2.75) is 6.54 Å². The number of nitrogens with zero attached hydrogens (tertiary/aromatic N) is 4. The SMILES string of the molecule is Nc1ncnc2c1ncn2Cc1ccc(F)cc1. The summed E-state index contributed by atoms with van der Waals surface area (Å²) in [6, 6.07) is 6.31. The van der Waals surface area contributed by atoms with E-state index in [0.29, 0.717) is 23.5 Å². The Morgan fingerprint density at radius 3 is 2.67 bits per heavy atom. The zero-order valence-corrected chi connectivity index (χ0v) is 9.42. The summed E-state index contributed by atoms with van der Waals surface area (Å²) in [6.07, 6.45) is 3.06. The topological polar surface area (TPSA) is 69.6 Å². The van der Waals surface area contributed by atoms with Gasteiger partial charge in [0.25, 0.3) is 0 Å². The fourth-order valence-electron chi connectivity index (χ4n) is 1.80. The monoisotopic (exact) mass is 243 g/mol. The zero-order valence-electron chi connectivity index (χ0n) is 9.42. The highest BCUT2D eigenvalue weighted by molar-refractivity contribution is 5.81. The van der Waals surface area contributed by atoms with Crippen LogP contribution in [-0.2, 0) is 6.54 Å². The zero-order chi connectivity index (χ0) is 12.5. The number of aromatic nitrogens is 4. The second-order valence-corrected chi connectivity index (χ2v) is 3.93. The molecule has 6 heteroatoms. The predicted octanol–water partition coefficient (Wildman–Crippen LogP) is 1.60. The van der Waals surface area contributed by atoms with Crippen molar-refractivity contribution in [3.8, 4) is 0 Å². The lowest BCUT2D eigenvalue weighted by atomic mass is 10.2. The highest BCUT2D eigenvalue weighted by atomic mass is 19.1. The Labute approximate surface area is 102 Å². The van der Waals surface area contributed by atoms with Gasteiger partial charge >= 0.3 is 0 Å². The number of hydrogen-bond acceptors (Lipinski definition) is 4. The van der Waals surface area contributed by atoms with Gasteiger partial charge in [0.05, 0.1) is 12.9 Å². The molecule has 0 bridgehead atoms. The summed E-state index contributed by atoms with van der Waals surface area (Å²) < 4.78 is 14.7. The molecule has 90 valence electrons. The molecule has 0 saturated carbocycles. The summed E-state index contributed by atoms with van der Waals surface area (Å²) in [5.41, 5.74) is 7.93.